The molecule has 182 valence electrons. The summed E-state index contributed by atoms with van der Waals surface area (Å²) in [6.45, 7) is 1.89. The molecular weight excluding hydrogens is 452 g/mol. The van der Waals surface area contributed by atoms with Crippen LogP contribution in [0.5, 0.6) is 0 Å². The zero-order valence-corrected chi connectivity index (χ0v) is 20.3. The summed E-state index contributed by atoms with van der Waals surface area (Å²) in [7, 11) is 1.35. The molecule has 0 saturated carbocycles. The SMILES string of the molecule is CCC1=C(C(=O)OC)C(c2ccc(N3N=C(c4ccccc4)CC3c3ccccc3)cc2)NC(=O)N1. The molecule has 0 spiro atoms. The molecule has 3 aromatic carbocycles. The third-order valence-electron chi connectivity index (χ3n) is 6.61. The lowest BCUT2D eigenvalue weighted by Gasteiger charge is -2.29. The molecule has 0 radical (unpaired) electrons. The Labute approximate surface area is 210 Å². The molecule has 2 aliphatic rings. The summed E-state index contributed by atoms with van der Waals surface area (Å²) in [5.41, 5.74) is 6.03. The van der Waals surface area contributed by atoms with E-state index < -0.39 is 12.0 Å². The molecule has 36 heavy (non-hydrogen) atoms. The van der Waals surface area contributed by atoms with E-state index in [0.29, 0.717) is 17.7 Å². The summed E-state index contributed by atoms with van der Waals surface area (Å²) in [5.74, 6) is -0.464. The molecule has 7 heteroatoms. The van der Waals surface area contributed by atoms with Gasteiger partial charge < -0.3 is 15.4 Å². The van der Waals surface area contributed by atoms with Gasteiger partial charge in [-0.25, -0.2) is 9.59 Å². The fourth-order valence-electron chi connectivity index (χ4n) is 4.81. The van der Waals surface area contributed by atoms with Crippen LogP contribution in [0.1, 0.15) is 48.5 Å². The quantitative estimate of drug-likeness (QED) is 0.473. The predicted molar refractivity (Wildman–Crippen MR) is 139 cm³/mol. The van der Waals surface area contributed by atoms with E-state index in [-0.39, 0.29) is 12.1 Å². The third kappa shape index (κ3) is 4.47. The van der Waals surface area contributed by atoms with Gasteiger partial charge in [-0.15, -0.1) is 0 Å². The molecular formula is C29H28N4O3. The second-order valence-corrected chi connectivity index (χ2v) is 8.75. The second kappa shape index (κ2) is 10.1. The van der Waals surface area contributed by atoms with E-state index in [0.717, 1.165) is 28.9 Å². The molecule has 2 N–H and O–H groups in total. The molecule has 2 amide bonds. The number of urea groups is 1. The van der Waals surface area contributed by atoms with Gasteiger partial charge in [-0.3, -0.25) is 5.01 Å². The molecule has 2 unspecified atom stereocenters. The largest absolute Gasteiger partial charge is 0.466 e. The summed E-state index contributed by atoms with van der Waals surface area (Å²) in [6.07, 6.45) is 1.30. The molecule has 2 heterocycles. The zero-order chi connectivity index (χ0) is 25.1. The van der Waals surface area contributed by atoms with Gasteiger partial charge in [0.1, 0.15) is 0 Å². The summed E-state index contributed by atoms with van der Waals surface area (Å²) < 4.78 is 5.02. The van der Waals surface area contributed by atoms with Crippen molar-refractivity contribution in [1.29, 1.82) is 0 Å². The number of ether oxygens (including phenoxy) is 1. The summed E-state index contributed by atoms with van der Waals surface area (Å²) in [5, 5.41) is 12.7. The molecule has 3 aromatic rings. The highest BCUT2D eigenvalue weighted by Gasteiger charge is 2.34. The van der Waals surface area contributed by atoms with Gasteiger partial charge >= 0.3 is 12.0 Å². The fourth-order valence-corrected chi connectivity index (χ4v) is 4.81. The third-order valence-corrected chi connectivity index (χ3v) is 6.61. The Balaban J connectivity index is 1.50. The van der Waals surface area contributed by atoms with E-state index >= 15 is 0 Å². The normalized spacial score (nSPS) is 19.4. The van der Waals surface area contributed by atoms with Gasteiger partial charge in [-0.2, -0.15) is 5.10 Å². The van der Waals surface area contributed by atoms with E-state index in [1.54, 1.807) is 0 Å². The Morgan fingerprint density at radius 3 is 2.28 bits per heavy atom. The maximum atomic E-state index is 12.6. The van der Waals surface area contributed by atoms with Crippen LogP contribution in [0.3, 0.4) is 0 Å². The van der Waals surface area contributed by atoms with Crippen LogP contribution in [0.25, 0.3) is 0 Å². The Hall–Kier alpha value is -4.39. The van der Waals surface area contributed by atoms with E-state index in [4.69, 9.17) is 9.84 Å². The lowest BCUT2D eigenvalue weighted by Crippen LogP contribution is -2.45. The average molecular weight is 481 g/mol. The Morgan fingerprint density at radius 1 is 0.972 bits per heavy atom. The first-order valence-corrected chi connectivity index (χ1v) is 12.0. The number of methoxy groups -OCH3 is 1. The van der Waals surface area contributed by atoms with Crippen molar-refractivity contribution in [3.05, 3.63) is 113 Å². The number of hydrazone groups is 1. The standard InChI is InChI=1S/C29H28N4O3/c1-3-23-26(28(34)36-2)27(31-29(35)30-23)21-14-16-22(17-15-21)33-25(20-12-8-5-9-13-20)18-24(32-33)19-10-6-4-7-11-19/h4-17,25,27H,3,18H2,1-2H3,(H2,30,31,35). The van der Waals surface area contributed by atoms with E-state index in [1.807, 2.05) is 67.6 Å². The van der Waals surface area contributed by atoms with E-state index in [9.17, 15) is 9.59 Å². The van der Waals surface area contributed by atoms with Gasteiger partial charge in [0, 0.05) is 12.1 Å². The van der Waals surface area contributed by atoms with Crippen molar-refractivity contribution in [3.63, 3.8) is 0 Å². The van der Waals surface area contributed by atoms with Crippen LogP contribution in [0, 0.1) is 0 Å². The van der Waals surface area contributed by atoms with Crippen molar-refractivity contribution in [1.82, 2.24) is 10.6 Å². The molecule has 5 rings (SSSR count). The van der Waals surface area contributed by atoms with Crippen LogP contribution < -0.4 is 15.6 Å². The summed E-state index contributed by atoms with van der Waals surface area (Å²) in [4.78, 5) is 24.9. The fraction of sp³-hybridized carbons (Fsp3) is 0.207. The molecule has 0 aromatic heterocycles. The van der Waals surface area contributed by atoms with Gasteiger partial charge in [0.15, 0.2) is 0 Å². The minimum absolute atomic E-state index is 0.0584. The first kappa shape index (κ1) is 23.4. The number of esters is 1. The molecule has 2 aliphatic heterocycles. The molecule has 0 bridgehead atoms. The molecule has 0 saturated heterocycles. The Morgan fingerprint density at radius 2 is 1.64 bits per heavy atom. The lowest BCUT2D eigenvalue weighted by atomic mass is 9.94. The smallest absolute Gasteiger partial charge is 0.337 e. The number of allylic oxidation sites excluding steroid dienone is 1. The monoisotopic (exact) mass is 480 g/mol. The van der Waals surface area contributed by atoms with Crippen molar-refractivity contribution in [2.75, 3.05) is 12.1 Å². The zero-order valence-electron chi connectivity index (χ0n) is 20.3. The van der Waals surface area contributed by atoms with Crippen LogP contribution >= 0.6 is 0 Å². The van der Waals surface area contributed by atoms with Crippen molar-refractivity contribution in [3.8, 4) is 0 Å². The minimum atomic E-state index is -0.595. The number of hydrogen-bond acceptors (Lipinski definition) is 5. The Kier molecular flexibility index (Phi) is 6.54. The average Bonchev–Trinajstić information content (AvgIpc) is 3.39. The maximum Gasteiger partial charge on any atom is 0.337 e. The second-order valence-electron chi connectivity index (χ2n) is 8.75. The van der Waals surface area contributed by atoms with Crippen molar-refractivity contribution < 1.29 is 14.3 Å². The van der Waals surface area contributed by atoms with Gasteiger partial charge in [0.05, 0.1) is 36.2 Å². The number of rotatable bonds is 6. The van der Waals surface area contributed by atoms with Crippen molar-refractivity contribution in [2.24, 2.45) is 5.10 Å². The van der Waals surface area contributed by atoms with Crippen LogP contribution in [0.15, 0.2) is 101 Å². The molecule has 7 nitrogen and oxygen atoms in total. The first-order chi connectivity index (χ1) is 17.6. The Bertz CT molecular complexity index is 1320. The number of amides is 2. The van der Waals surface area contributed by atoms with Crippen molar-refractivity contribution in [2.45, 2.75) is 31.8 Å². The van der Waals surface area contributed by atoms with E-state index in [1.165, 1.54) is 12.7 Å². The van der Waals surface area contributed by atoms with Crippen LogP contribution in [-0.2, 0) is 9.53 Å². The number of hydrogen-bond donors (Lipinski definition) is 2. The molecule has 0 aliphatic carbocycles. The highest BCUT2D eigenvalue weighted by molar-refractivity contribution is 6.03. The van der Waals surface area contributed by atoms with E-state index in [2.05, 4.69) is 39.9 Å². The van der Waals surface area contributed by atoms with Crippen LogP contribution in [0.2, 0.25) is 0 Å². The summed E-state index contributed by atoms with van der Waals surface area (Å²) >= 11 is 0. The topological polar surface area (TPSA) is 83.0 Å². The van der Waals surface area contributed by atoms with Crippen molar-refractivity contribution >= 4 is 23.4 Å². The minimum Gasteiger partial charge on any atom is -0.466 e. The first-order valence-electron chi connectivity index (χ1n) is 12.0. The highest BCUT2D eigenvalue weighted by Crippen LogP contribution is 2.38. The number of benzene rings is 3. The number of carbonyl (C=O) groups is 2. The lowest BCUT2D eigenvalue weighted by molar-refractivity contribution is -0.136. The predicted octanol–water partition coefficient (Wildman–Crippen LogP) is 5.23. The maximum absolute atomic E-state index is 12.6. The van der Waals surface area contributed by atoms with Gasteiger partial charge in [-0.05, 0) is 35.2 Å². The molecule has 2 atom stereocenters. The number of nitrogens with one attached hydrogen (secondary N) is 2. The highest BCUT2D eigenvalue weighted by atomic mass is 16.5. The molecule has 0 fully saturated rings. The van der Waals surface area contributed by atoms with Gasteiger partial charge in [0.25, 0.3) is 0 Å². The van der Waals surface area contributed by atoms with Gasteiger partial charge in [0.2, 0.25) is 0 Å². The number of carbonyl (C=O) groups excluding carboxylic acids is 2. The summed E-state index contributed by atoms with van der Waals surface area (Å²) in [6, 6.07) is 27.5. The number of anilines is 1. The van der Waals surface area contributed by atoms with Crippen LogP contribution in [0.4, 0.5) is 10.5 Å². The van der Waals surface area contributed by atoms with Gasteiger partial charge in [-0.1, -0.05) is 79.7 Å². The van der Waals surface area contributed by atoms with Crippen LogP contribution in [-0.4, -0.2) is 24.8 Å². The number of nitrogens with zero attached hydrogens (tertiary/aromatic N) is 2.